The third-order valence-corrected chi connectivity index (χ3v) is 6.57. The van der Waals surface area contributed by atoms with E-state index in [0.29, 0.717) is 38.5 Å². The van der Waals surface area contributed by atoms with Crippen molar-refractivity contribution in [2.75, 3.05) is 37.7 Å². The second-order valence-electron chi connectivity index (χ2n) is 9.36. The molecule has 1 fully saturated rings. The first kappa shape index (κ1) is 24.1. The molecular weight excluding hydrogens is 430 g/mol. The van der Waals surface area contributed by atoms with Crippen molar-refractivity contribution in [3.63, 3.8) is 0 Å². The Morgan fingerprint density at radius 2 is 1.53 bits per heavy atom. The van der Waals surface area contributed by atoms with E-state index in [1.165, 1.54) is 4.90 Å². The zero-order chi connectivity index (χ0) is 24.6. The van der Waals surface area contributed by atoms with Crippen LogP contribution in [0.5, 0.6) is 0 Å². The lowest BCUT2D eigenvalue weighted by atomic mass is 9.92. The SMILES string of the molecule is CCN(C(=O)c1cccc2c1C(=O)N(c1c(C(C)C)cccc1C(C)C)C2=O)N1CCOCC1. The highest BCUT2D eigenvalue weighted by atomic mass is 16.5. The number of benzene rings is 2. The molecule has 0 radical (unpaired) electrons. The predicted octanol–water partition coefficient (Wildman–Crippen LogP) is 4.44. The van der Waals surface area contributed by atoms with E-state index >= 15 is 0 Å². The van der Waals surface area contributed by atoms with Crippen LogP contribution in [0.25, 0.3) is 0 Å². The van der Waals surface area contributed by atoms with Crippen LogP contribution in [-0.2, 0) is 4.74 Å². The molecule has 2 aliphatic rings. The summed E-state index contributed by atoms with van der Waals surface area (Å²) in [4.78, 5) is 42.4. The molecule has 0 unspecified atom stereocenters. The van der Waals surface area contributed by atoms with E-state index in [4.69, 9.17) is 4.74 Å². The van der Waals surface area contributed by atoms with Gasteiger partial charge >= 0.3 is 0 Å². The number of hydrazine groups is 1. The molecule has 0 N–H and O–H groups in total. The Morgan fingerprint density at radius 3 is 2.09 bits per heavy atom. The van der Waals surface area contributed by atoms with Crippen molar-refractivity contribution in [3.8, 4) is 0 Å². The summed E-state index contributed by atoms with van der Waals surface area (Å²) in [6.45, 7) is 12.9. The summed E-state index contributed by atoms with van der Waals surface area (Å²) in [5, 5.41) is 3.61. The van der Waals surface area contributed by atoms with Crippen LogP contribution in [0, 0.1) is 0 Å². The molecule has 0 bridgehead atoms. The Balaban J connectivity index is 1.80. The number of fused-ring (bicyclic) bond motifs is 1. The third-order valence-electron chi connectivity index (χ3n) is 6.57. The molecule has 4 rings (SSSR count). The summed E-state index contributed by atoms with van der Waals surface area (Å²) in [7, 11) is 0. The number of hydrogen-bond acceptors (Lipinski definition) is 5. The number of imide groups is 1. The summed E-state index contributed by atoms with van der Waals surface area (Å²) < 4.78 is 5.42. The fourth-order valence-corrected chi connectivity index (χ4v) is 4.84. The van der Waals surface area contributed by atoms with Gasteiger partial charge < -0.3 is 4.74 Å². The lowest BCUT2D eigenvalue weighted by Crippen LogP contribution is -2.51. The smallest absolute Gasteiger partial charge is 0.268 e. The van der Waals surface area contributed by atoms with Gasteiger partial charge in [0.15, 0.2) is 0 Å². The molecule has 0 saturated carbocycles. The molecule has 0 spiro atoms. The monoisotopic (exact) mass is 463 g/mol. The molecular formula is C27H33N3O4. The molecule has 3 amide bonds. The molecule has 7 nitrogen and oxygen atoms in total. The topological polar surface area (TPSA) is 70.2 Å². The lowest BCUT2D eigenvalue weighted by molar-refractivity contribution is -0.0676. The Labute approximate surface area is 201 Å². The number of anilines is 1. The van der Waals surface area contributed by atoms with Crippen LogP contribution in [0.1, 0.15) is 88.7 Å². The van der Waals surface area contributed by atoms with Crippen molar-refractivity contribution in [2.24, 2.45) is 0 Å². The van der Waals surface area contributed by atoms with E-state index in [9.17, 15) is 14.4 Å². The highest BCUT2D eigenvalue weighted by molar-refractivity contribution is 6.36. The van der Waals surface area contributed by atoms with E-state index < -0.39 is 5.91 Å². The first-order valence-corrected chi connectivity index (χ1v) is 12.1. The fourth-order valence-electron chi connectivity index (χ4n) is 4.84. The van der Waals surface area contributed by atoms with Gasteiger partial charge in [-0.1, -0.05) is 52.0 Å². The molecule has 1 saturated heterocycles. The van der Waals surface area contributed by atoms with Crippen molar-refractivity contribution < 1.29 is 19.1 Å². The third kappa shape index (κ3) is 4.03. The molecule has 0 aliphatic carbocycles. The summed E-state index contributed by atoms with van der Waals surface area (Å²) >= 11 is 0. The number of carbonyl (C=O) groups excluding carboxylic acids is 3. The molecule has 0 aromatic heterocycles. The average Bonchev–Trinajstić information content (AvgIpc) is 3.09. The predicted molar refractivity (Wildman–Crippen MR) is 131 cm³/mol. The van der Waals surface area contributed by atoms with Crippen molar-refractivity contribution in [2.45, 2.75) is 46.5 Å². The summed E-state index contributed by atoms with van der Waals surface area (Å²) in [5.41, 5.74) is 3.27. The molecule has 2 aliphatic heterocycles. The first-order valence-electron chi connectivity index (χ1n) is 12.1. The molecule has 2 aromatic rings. The van der Waals surface area contributed by atoms with Crippen molar-refractivity contribution in [3.05, 3.63) is 64.2 Å². The maximum atomic E-state index is 13.9. The minimum Gasteiger partial charge on any atom is -0.379 e. The van der Waals surface area contributed by atoms with Gasteiger partial charge in [0.25, 0.3) is 17.7 Å². The van der Waals surface area contributed by atoms with Gasteiger partial charge in [-0.3, -0.25) is 19.4 Å². The number of para-hydroxylation sites is 1. The highest BCUT2D eigenvalue weighted by Crippen LogP contribution is 2.40. The van der Waals surface area contributed by atoms with Crippen LogP contribution >= 0.6 is 0 Å². The van der Waals surface area contributed by atoms with Crippen LogP contribution in [0.4, 0.5) is 5.69 Å². The molecule has 34 heavy (non-hydrogen) atoms. The maximum absolute atomic E-state index is 13.9. The Hall–Kier alpha value is -3.03. The van der Waals surface area contributed by atoms with Gasteiger partial charge in [0.1, 0.15) is 0 Å². The van der Waals surface area contributed by atoms with Crippen molar-refractivity contribution in [1.29, 1.82) is 0 Å². The Bertz CT molecular complexity index is 1090. The van der Waals surface area contributed by atoms with E-state index in [1.807, 2.05) is 30.1 Å². The van der Waals surface area contributed by atoms with Crippen LogP contribution in [0.3, 0.4) is 0 Å². The number of amides is 3. The van der Waals surface area contributed by atoms with Gasteiger partial charge in [-0.15, -0.1) is 0 Å². The highest BCUT2D eigenvalue weighted by Gasteiger charge is 2.42. The van der Waals surface area contributed by atoms with Gasteiger partial charge in [-0.25, -0.2) is 9.91 Å². The molecule has 180 valence electrons. The largest absolute Gasteiger partial charge is 0.379 e. The fraction of sp³-hybridized carbons (Fsp3) is 0.444. The standard InChI is InChI=1S/C27H33N3O4/c1-6-29(28-13-15-34-16-14-28)25(31)21-11-8-12-22-23(21)27(33)30(26(22)32)24-19(17(2)3)9-7-10-20(24)18(4)5/h7-12,17-18H,6,13-16H2,1-5H3. The zero-order valence-electron chi connectivity index (χ0n) is 20.6. The molecule has 7 heteroatoms. The van der Waals surface area contributed by atoms with Crippen LogP contribution in [0.2, 0.25) is 0 Å². The number of rotatable bonds is 6. The quantitative estimate of drug-likeness (QED) is 0.592. The number of carbonyl (C=O) groups is 3. The van der Waals surface area contributed by atoms with Crippen LogP contribution < -0.4 is 4.90 Å². The van der Waals surface area contributed by atoms with E-state index in [-0.39, 0.29) is 40.3 Å². The molecule has 0 atom stereocenters. The molecule has 2 aromatic carbocycles. The van der Waals surface area contributed by atoms with Crippen molar-refractivity contribution in [1.82, 2.24) is 10.0 Å². The van der Waals surface area contributed by atoms with Crippen LogP contribution in [0.15, 0.2) is 36.4 Å². The minimum absolute atomic E-state index is 0.121. The van der Waals surface area contributed by atoms with Gasteiger partial charge in [0, 0.05) is 19.6 Å². The van der Waals surface area contributed by atoms with Gasteiger partial charge in [0.05, 0.1) is 35.6 Å². The number of nitrogens with zero attached hydrogens (tertiary/aromatic N) is 3. The number of hydrogen-bond donors (Lipinski definition) is 0. The normalized spacial score (nSPS) is 16.5. The van der Waals surface area contributed by atoms with Gasteiger partial charge in [-0.2, -0.15) is 0 Å². The number of morpholine rings is 1. The van der Waals surface area contributed by atoms with Gasteiger partial charge in [-0.05, 0) is 42.0 Å². The minimum atomic E-state index is -0.433. The Kier molecular flexibility index (Phi) is 6.86. The average molecular weight is 464 g/mol. The summed E-state index contributed by atoms with van der Waals surface area (Å²) in [5.74, 6) is -0.839. The summed E-state index contributed by atoms with van der Waals surface area (Å²) in [6, 6.07) is 10.9. The number of ether oxygens (including phenoxy) is 1. The zero-order valence-corrected chi connectivity index (χ0v) is 20.6. The Morgan fingerprint density at radius 1 is 0.941 bits per heavy atom. The maximum Gasteiger partial charge on any atom is 0.268 e. The van der Waals surface area contributed by atoms with Crippen molar-refractivity contribution >= 4 is 23.4 Å². The van der Waals surface area contributed by atoms with Gasteiger partial charge in [0.2, 0.25) is 0 Å². The second-order valence-corrected chi connectivity index (χ2v) is 9.36. The first-order chi connectivity index (χ1) is 16.3. The van der Waals surface area contributed by atoms with E-state index in [2.05, 4.69) is 27.7 Å². The lowest BCUT2D eigenvalue weighted by Gasteiger charge is -2.36. The van der Waals surface area contributed by atoms with Crippen LogP contribution in [-0.4, -0.2) is 60.6 Å². The second kappa shape index (κ2) is 9.68. The van der Waals surface area contributed by atoms with E-state index in [0.717, 1.165) is 11.1 Å². The van der Waals surface area contributed by atoms with E-state index in [1.54, 1.807) is 23.2 Å². The summed E-state index contributed by atoms with van der Waals surface area (Å²) in [6.07, 6.45) is 0. The molecule has 2 heterocycles.